The van der Waals surface area contributed by atoms with Gasteiger partial charge in [0.1, 0.15) is 22.8 Å². The molecule has 0 bridgehead atoms. The highest BCUT2D eigenvalue weighted by molar-refractivity contribution is 6.02. The van der Waals surface area contributed by atoms with E-state index in [4.69, 9.17) is 11.5 Å². The molecule has 3 aliphatic rings. The van der Waals surface area contributed by atoms with Gasteiger partial charge in [-0.2, -0.15) is 5.10 Å². The summed E-state index contributed by atoms with van der Waals surface area (Å²) in [5.74, 6) is 2.68. The number of terminal acetylenes is 1. The van der Waals surface area contributed by atoms with E-state index in [2.05, 4.69) is 16.2 Å². The van der Waals surface area contributed by atoms with E-state index in [0.29, 0.717) is 39.7 Å². The fourth-order valence-corrected chi connectivity index (χ4v) is 5.98. The number of benzene rings is 2. The lowest BCUT2D eigenvalue weighted by molar-refractivity contribution is 0.476. The van der Waals surface area contributed by atoms with E-state index in [1.54, 1.807) is 0 Å². The Bertz CT molecular complexity index is 1570. The second-order valence-electron chi connectivity index (χ2n) is 9.81. The molecule has 2 aromatic carbocycles. The number of phenols is 1. The molecule has 7 rings (SSSR count). The van der Waals surface area contributed by atoms with Crippen molar-refractivity contribution in [2.75, 3.05) is 13.1 Å². The van der Waals surface area contributed by atoms with Crippen molar-refractivity contribution < 1.29 is 13.9 Å². The molecule has 2 saturated carbocycles. The molecule has 0 radical (unpaired) electrons. The monoisotopic (exact) mass is 456 g/mol. The van der Waals surface area contributed by atoms with Crippen molar-refractivity contribution >= 4 is 21.7 Å². The summed E-state index contributed by atoms with van der Waals surface area (Å²) in [4.78, 5) is 4.68. The zero-order valence-electron chi connectivity index (χ0n) is 18.6. The van der Waals surface area contributed by atoms with Crippen molar-refractivity contribution in [2.45, 2.75) is 31.7 Å². The second-order valence-corrected chi connectivity index (χ2v) is 9.81. The van der Waals surface area contributed by atoms with Gasteiger partial charge in [0.05, 0.1) is 17.3 Å². The van der Waals surface area contributed by atoms with Crippen LogP contribution in [0.3, 0.4) is 0 Å². The average molecular weight is 456 g/mol. The SMILES string of the molecule is C#Cc1c(F)ccc2cc(O)cc(-c3nc(C)c4c(C5C6CNCC65)nn(C5CC5)c4c3F)c12. The Balaban J connectivity index is 1.53. The number of nitrogens with zero attached hydrogens (tertiary/aromatic N) is 3. The molecular formula is C27H22F2N4O. The van der Waals surface area contributed by atoms with Crippen LogP contribution in [0, 0.1) is 42.7 Å². The first-order chi connectivity index (χ1) is 16.5. The summed E-state index contributed by atoms with van der Waals surface area (Å²) in [5, 5.41) is 20.4. The van der Waals surface area contributed by atoms with Gasteiger partial charge < -0.3 is 10.4 Å². The highest BCUT2D eigenvalue weighted by Crippen LogP contribution is 2.57. The minimum atomic E-state index is -0.570. The summed E-state index contributed by atoms with van der Waals surface area (Å²) >= 11 is 0. The third kappa shape index (κ3) is 2.63. The molecule has 2 aliphatic carbocycles. The Kier molecular flexibility index (Phi) is 3.97. The number of rotatable bonds is 3. The molecule has 2 unspecified atom stereocenters. The zero-order chi connectivity index (χ0) is 23.3. The van der Waals surface area contributed by atoms with Gasteiger partial charge in [0, 0.05) is 27.9 Å². The number of hydrogen-bond donors (Lipinski definition) is 2. The van der Waals surface area contributed by atoms with Crippen LogP contribution in [0.4, 0.5) is 8.78 Å². The lowest BCUT2D eigenvalue weighted by Crippen LogP contribution is -2.14. The van der Waals surface area contributed by atoms with Crippen LogP contribution in [0.5, 0.6) is 5.75 Å². The first-order valence-electron chi connectivity index (χ1n) is 11.7. The lowest BCUT2D eigenvalue weighted by Gasteiger charge is -2.13. The van der Waals surface area contributed by atoms with E-state index in [9.17, 15) is 9.50 Å². The molecule has 7 heteroatoms. The maximum atomic E-state index is 16.4. The van der Waals surface area contributed by atoms with Crippen molar-refractivity contribution in [3.05, 3.63) is 52.9 Å². The minimum Gasteiger partial charge on any atom is -0.508 e. The normalized spacial score (nSPS) is 23.4. The van der Waals surface area contributed by atoms with E-state index < -0.39 is 11.6 Å². The Morgan fingerprint density at radius 1 is 1.15 bits per heavy atom. The zero-order valence-corrected chi connectivity index (χ0v) is 18.6. The summed E-state index contributed by atoms with van der Waals surface area (Å²) in [6.07, 6.45) is 7.57. The van der Waals surface area contributed by atoms with Crippen LogP contribution < -0.4 is 5.32 Å². The predicted molar refractivity (Wildman–Crippen MR) is 126 cm³/mol. The maximum Gasteiger partial charge on any atom is 0.175 e. The molecule has 4 aromatic rings. The molecule has 170 valence electrons. The van der Waals surface area contributed by atoms with Gasteiger partial charge in [0.2, 0.25) is 0 Å². The highest BCUT2D eigenvalue weighted by atomic mass is 19.1. The molecular weight excluding hydrogens is 434 g/mol. The number of hydrogen-bond acceptors (Lipinski definition) is 4. The highest BCUT2D eigenvalue weighted by Gasteiger charge is 2.55. The van der Waals surface area contributed by atoms with Crippen LogP contribution in [0.2, 0.25) is 0 Å². The number of fused-ring (bicyclic) bond motifs is 3. The predicted octanol–water partition coefficient (Wildman–Crippen LogP) is 4.79. The molecule has 2 atom stereocenters. The van der Waals surface area contributed by atoms with E-state index >= 15 is 4.39 Å². The van der Waals surface area contributed by atoms with E-state index in [0.717, 1.165) is 37.0 Å². The van der Waals surface area contributed by atoms with Crippen molar-refractivity contribution in [3.63, 3.8) is 0 Å². The first kappa shape index (κ1) is 19.9. The number of nitrogens with one attached hydrogen (secondary N) is 1. The number of aromatic hydroxyl groups is 1. The number of halogens is 2. The number of piperidine rings is 1. The minimum absolute atomic E-state index is 0.0288. The maximum absolute atomic E-state index is 16.4. The van der Waals surface area contributed by atoms with Gasteiger partial charge in [-0.1, -0.05) is 12.0 Å². The summed E-state index contributed by atoms with van der Waals surface area (Å²) in [7, 11) is 0. The van der Waals surface area contributed by atoms with Crippen LogP contribution in [0.1, 0.15) is 41.8 Å². The van der Waals surface area contributed by atoms with E-state index in [1.807, 2.05) is 11.6 Å². The van der Waals surface area contributed by atoms with Crippen molar-refractivity contribution in [3.8, 4) is 29.4 Å². The fourth-order valence-electron chi connectivity index (χ4n) is 5.98. The summed E-state index contributed by atoms with van der Waals surface area (Å²) < 4.78 is 32.8. The van der Waals surface area contributed by atoms with Gasteiger partial charge in [-0.15, -0.1) is 6.42 Å². The van der Waals surface area contributed by atoms with Crippen LogP contribution in [0.25, 0.3) is 32.9 Å². The first-order valence-corrected chi connectivity index (χ1v) is 11.7. The van der Waals surface area contributed by atoms with Crippen molar-refractivity contribution in [1.29, 1.82) is 0 Å². The third-order valence-electron chi connectivity index (χ3n) is 7.75. The van der Waals surface area contributed by atoms with Crippen LogP contribution in [-0.4, -0.2) is 33.0 Å². The van der Waals surface area contributed by atoms with Crippen molar-refractivity contribution in [1.82, 2.24) is 20.1 Å². The molecule has 2 aromatic heterocycles. The Morgan fingerprint density at radius 2 is 1.91 bits per heavy atom. The van der Waals surface area contributed by atoms with Gasteiger partial charge in [0.15, 0.2) is 5.82 Å². The van der Waals surface area contributed by atoms with Gasteiger partial charge in [-0.05, 0) is 68.3 Å². The molecule has 2 N–H and O–H groups in total. The largest absolute Gasteiger partial charge is 0.508 e. The quantitative estimate of drug-likeness (QED) is 0.435. The third-order valence-corrected chi connectivity index (χ3v) is 7.75. The Labute approximate surface area is 194 Å². The van der Waals surface area contributed by atoms with Crippen LogP contribution in [0.15, 0.2) is 24.3 Å². The van der Waals surface area contributed by atoms with Gasteiger partial charge >= 0.3 is 0 Å². The number of aromatic nitrogens is 3. The molecule has 5 nitrogen and oxygen atoms in total. The molecule has 1 aliphatic heterocycles. The summed E-state index contributed by atoms with van der Waals surface area (Å²) in [6.45, 7) is 3.81. The molecule has 34 heavy (non-hydrogen) atoms. The lowest BCUT2D eigenvalue weighted by atomic mass is 9.95. The van der Waals surface area contributed by atoms with Crippen LogP contribution in [-0.2, 0) is 0 Å². The van der Waals surface area contributed by atoms with E-state index in [1.165, 1.54) is 24.3 Å². The summed E-state index contributed by atoms with van der Waals surface area (Å²) in [5.41, 5.74) is 2.45. The smallest absolute Gasteiger partial charge is 0.175 e. The molecule has 0 spiro atoms. The Hall–Kier alpha value is -3.50. The number of aryl methyl sites for hydroxylation is 1. The number of phenolic OH excluding ortho intramolecular Hbond substituents is 1. The molecule has 3 heterocycles. The topological polar surface area (TPSA) is 63.0 Å². The Morgan fingerprint density at radius 3 is 2.62 bits per heavy atom. The van der Waals surface area contributed by atoms with Crippen LogP contribution >= 0.6 is 0 Å². The van der Waals surface area contributed by atoms with Gasteiger partial charge in [-0.25, -0.2) is 13.8 Å². The fraction of sp³-hybridized carbons (Fsp3) is 0.333. The molecule has 1 saturated heterocycles. The molecule has 3 fully saturated rings. The standard InChI is InChI=1S/C27H22F2N4O/c1-3-16-20(28)7-4-13-8-15(34)9-17(22(13)16)25-24(29)27-21(12(2)31-25)26(32-33(27)14-5-6-14)23-18-10-30-11-19(18)23/h1,4,7-9,14,18-19,23,30,34H,5-6,10-11H2,2H3. The van der Waals surface area contributed by atoms with Crippen molar-refractivity contribution in [2.24, 2.45) is 11.8 Å². The molecule has 0 amide bonds. The second kappa shape index (κ2) is 6.77. The number of pyridine rings is 1. The van der Waals surface area contributed by atoms with E-state index in [-0.39, 0.29) is 28.6 Å². The summed E-state index contributed by atoms with van der Waals surface area (Å²) in [6, 6.07) is 5.88. The van der Waals surface area contributed by atoms with Gasteiger partial charge in [0.25, 0.3) is 0 Å². The average Bonchev–Trinajstić information content (AvgIpc) is 3.69. The van der Waals surface area contributed by atoms with Gasteiger partial charge in [-0.3, -0.25) is 4.68 Å².